The number of hydrogen-bond acceptors (Lipinski definition) is 1. The van der Waals surface area contributed by atoms with Gasteiger partial charge in [0.05, 0.1) is 0 Å². The maximum atomic E-state index is 13.2. The average molecular weight is 201 g/mol. The molecule has 0 saturated heterocycles. The van der Waals surface area contributed by atoms with Crippen LogP contribution in [-0.4, -0.2) is 11.4 Å². The lowest BCUT2D eigenvalue weighted by Gasteiger charge is -2.09. The molecule has 1 aliphatic rings. The van der Waals surface area contributed by atoms with E-state index in [1.165, 1.54) is 0 Å². The predicted molar refractivity (Wildman–Crippen MR) is 46.1 cm³/mol. The Balaban J connectivity index is 2.50. The van der Waals surface area contributed by atoms with Gasteiger partial charge in [-0.2, -0.15) is 0 Å². The third-order valence-corrected chi connectivity index (χ3v) is 2.59. The van der Waals surface area contributed by atoms with Crippen LogP contribution in [0.4, 0.5) is 13.2 Å². The van der Waals surface area contributed by atoms with Crippen molar-refractivity contribution in [3.05, 3.63) is 34.6 Å². The summed E-state index contributed by atoms with van der Waals surface area (Å²) >= 11 is 0. The molecular weight excluding hydrogens is 191 g/mol. The second kappa shape index (κ2) is 3.28. The largest absolute Gasteiger partial charge is 0.295 e. The fourth-order valence-corrected chi connectivity index (χ4v) is 1.75. The lowest BCUT2D eigenvalue weighted by atomic mass is 10.1. The first kappa shape index (κ1) is 9.52. The van der Waals surface area contributed by atoms with Crippen molar-refractivity contribution in [2.45, 2.75) is 20.0 Å². The number of hydrogen-bond donors (Lipinski definition) is 0. The zero-order valence-corrected chi connectivity index (χ0v) is 7.78. The van der Waals surface area contributed by atoms with Crippen molar-refractivity contribution in [3.8, 4) is 0 Å². The molecule has 0 atom stereocenters. The first-order valence-corrected chi connectivity index (χ1v) is 4.51. The average Bonchev–Trinajstić information content (AvgIpc) is 2.58. The second-order valence-electron chi connectivity index (χ2n) is 3.41. The topological polar surface area (TPSA) is 3.24 Å². The lowest BCUT2D eigenvalue weighted by Crippen LogP contribution is -2.15. The third-order valence-electron chi connectivity index (χ3n) is 2.59. The number of rotatable bonds is 1. The van der Waals surface area contributed by atoms with E-state index in [-0.39, 0.29) is 5.56 Å². The van der Waals surface area contributed by atoms with Crippen LogP contribution in [0.1, 0.15) is 18.1 Å². The highest BCUT2D eigenvalue weighted by Crippen LogP contribution is 2.28. The standard InChI is InChI=1S/C10H10F3N/c1-2-14-4-6-7(5-14)10(13)9(12)3-8(6)11/h3H,2,4-5H2,1H3. The molecular formula is C10H10F3N. The highest BCUT2D eigenvalue weighted by Gasteiger charge is 2.26. The molecule has 1 aromatic rings. The minimum atomic E-state index is -1.10. The maximum absolute atomic E-state index is 13.2. The van der Waals surface area contributed by atoms with Crippen molar-refractivity contribution in [2.75, 3.05) is 6.54 Å². The summed E-state index contributed by atoms with van der Waals surface area (Å²) in [6.07, 6.45) is 0. The van der Waals surface area contributed by atoms with Crippen molar-refractivity contribution in [1.29, 1.82) is 0 Å². The Bertz CT molecular complexity index is 376. The van der Waals surface area contributed by atoms with Crippen molar-refractivity contribution >= 4 is 0 Å². The molecule has 1 nitrogen and oxygen atoms in total. The van der Waals surface area contributed by atoms with Crippen molar-refractivity contribution in [3.63, 3.8) is 0 Å². The van der Waals surface area contributed by atoms with E-state index in [1.54, 1.807) is 0 Å². The van der Waals surface area contributed by atoms with Gasteiger partial charge in [0.15, 0.2) is 11.6 Å². The lowest BCUT2D eigenvalue weighted by molar-refractivity contribution is 0.296. The Morgan fingerprint density at radius 3 is 2.43 bits per heavy atom. The van der Waals surface area contributed by atoms with E-state index in [0.29, 0.717) is 31.3 Å². The van der Waals surface area contributed by atoms with Gasteiger partial charge in [0.1, 0.15) is 5.82 Å². The van der Waals surface area contributed by atoms with Crippen LogP contribution in [0.2, 0.25) is 0 Å². The highest BCUT2D eigenvalue weighted by molar-refractivity contribution is 5.34. The molecule has 1 aliphatic heterocycles. The molecule has 2 rings (SSSR count). The van der Waals surface area contributed by atoms with E-state index < -0.39 is 17.5 Å². The molecule has 0 N–H and O–H groups in total. The minimum absolute atomic E-state index is 0.171. The number of nitrogens with zero attached hydrogens (tertiary/aromatic N) is 1. The first-order valence-electron chi connectivity index (χ1n) is 4.51. The van der Waals surface area contributed by atoms with Gasteiger partial charge in [-0.05, 0) is 6.54 Å². The number of halogens is 3. The van der Waals surface area contributed by atoms with Gasteiger partial charge in [0.2, 0.25) is 0 Å². The molecule has 0 aromatic heterocycles. The van der Waals surface area contributed by atoms with Gasteiger partial charge in [-0.3, -0.25) is 4.90 Å². The molecule has 0 saturated carbocycles. The monoisotopic (exact) mass is 201 g/mol. The second-order valence-corrected chi connectivity index (χ2v) is 3.41. The predicted octanol–water partition coefficient (Wildman–Crippen LogP) is 2.44. The maximum Gasteiger partial charge on any atom is 0.163 e. The Morgan fingerprint density at radius 1 is 1.14 bits per heavy atom. The highest BCUT2D eigenvalue weighted by atomic mass is 19.2. The number of benzene rings is 1. The van der Waals surface area contributed by atoms with Gasteiger partial charge in [-0.15, -0.1) is 0 Å². The fourth-order valence-electron chi connectivity index (χ4n) is 1.75. The van der Waals surface area contributed by atoms with E-state index in [0.717, 1.165) is 0 Å². The van der Waals surface area contributed by atoms with Crippen molar-refractivity contribution in [1.82, 2.24) is 4.90 Å². The summed E-state index contributed by atoms with van der Waals surface area (Å²) in [5.41, 5.74) is 0.468. The van der Waals surface area contributed by atoms with Gasteiger partial charge < -0.3 is 0 Å². The van der Waals surface area contributed by atoms with E-state index in [1.807, 2.05) is 11.8 Å². The zero-order chi connectivity index (χ0) is 10.3. The van der Waals surface area contributed by atoms with Crippen molar-refractivity contribution in [2.24, 2.45) is 0 Å². The Kier molecular flexibility index (Phi) is 2.23. The van der Waals surface area contributed by atoms with Gasteiger partial charge in [-0.1, -0.05) is 6.92 Å². The molecule has 1 heterocycles. The molecule has 0 aliphatic carbocycles. The molecule has 0 radical (unpaired) electrons. The first-order chi connectivity index (χ1) is 6.63. The fraction of sp³-hybridized carbons (Fsp3) is 0.400. The third kappa shape index (κ3) is 1.30. The quantitative estimate of drug-likeness (QED) is 0.631. The minimum Gasteiger partial charge on any atom is -0.295 e. The van der Waals surface area contributed by atoms with Crippen molar-refractivity contribution < 1.29 is 13.2 Å². The Hall–Kier alpha value is -1.03. The summed E-state index contributed by atoms with van der Waals surface area (Å²) in [6.45, 7) is 3.27. The van der Waals surface area contributed by atoms with Crippen LogP contribution in [-0.2, 0) is 13.1 Å². The molecule has 14 heavy (non-hydrogen) atoms. The van der Waals surface area contributed by atoms with E-state index in [4.69, 9.17) is 0 Å². The van der Waals surface area contributed by atoms with Gasteiger partial charge in [0, 0.05) is 30.3 Å². The summed E-state index contributed by atoms with van der Waals surface area (Å²) < 4.78 is 39.3. The van der Waals surface area contributed by atoms with E-state index in [9.17, 15) is 13.2 Å². The van der Waals surface area contributed by atoms with Crippen LogP contribution >= 0.6 is 0 Å². The van der Waals surface area contributed by atoms with Crippen LogP contribution in [0.15, 0.2) is 6.07 Å². The normalized spacial score (nSPS) is 16.0. The van der Waals surface area contributed by atoms with Gasteiger partial charge >= 0.3 is 0 Å². The molecule has 4 heteroatoms. The summed E-state index contributed by atoms with van der Waals surface area (Å²) in [5.74, 6) is -2.65. The van der Waals surface area contributed by atoms with E-state index >= 15 is 0 Å². The molecule has 0 unspecified atom stereocenters. The Morgan fingerprint density at radius 2 is 1.79 bits per heavy atom. The molecule has 0 bridgehead atoms. The van der Waals surface area contributed by atoms with Crippen LogP contribution in [0.3, 0.4) is 0 Å². The van der Waals surface area contributed by atoms with E-state index in [2.05, 4.69) is 0 Å². The Labute approximate surface area is 80.1 Å². The number of fused-ring (bicyclic) bond motifs is 1. The molecule has 0 fully saturated rings. The molecule has 76 valence electrons. The SMILES string of the molecule is CCN1Cc2c(F)cc(F)c(F)c2C1. The van der Waals surface area contributed by atoms with Crippen LogP contribution in [0.25, 0.3) is 0 Å². The van der Waals surface area contributed by atoms with Crippen LogP contribution in [0.5, 0.6) is 0 Å². The summed E-state index contributed by atoms with van der Waals surface area (Å²) in [7, 11) is 0. The van der Waals surface area contributed by atoms with Crippen LogP contribution in [0, 0.1) is 17.5 Å². The summed E-state index contributed by atoms with van der Waals surface area (Å²) in [6, 6.07) is 0.618. The van der Waals surface area contributed by atoms with Gasteiger partial charge in [0.25, 0.3) is 0 Å². The smallest absolute Gasteiger partial charge is 0.163 e. The summed E-state index contributed by atoms with van der Waals surface area (Å²) in [4.78, 5) is 1.86. The molecule has 1 aromatic carbocycles. The molecule has 0 amide bonds. The molecule has 0 spiro atoms. The van der Waals surface area contributed by atoms with Crippen LogP contribution < -0.4 is 0 Å². The van der Waals surface area contributed by atoms with Gasteiger partial charge in [-0.25, -0.2) is 13.2 Å². The summed E-state index contributed by atoms with van der Waals surface area (Å²) in [5, 5.41) is 0. The zero-order valence-electron chi connectivity index (χ0n) is 7.78.